The highest BCUT2D eigenvalue weighted by Gasteiger charge is 2.22. The lowest BCUT2D eigenvalue weighted by atomic mass is 10.0. The van der Waals surface area contributed by atoms with Crippen molar-refractivity contribution in [2.24, 2.45) is 5.73 Å². The predicted octanol–water partition coefficient (Wildman–Crippen LogP) is 0.679. The summed E-state index contributed by atoms with van der Waals surface area (Å²) in [6.45, 7) is 1.84. The molecule has 5 N–H and O–H groups in total. The van der Waals surface area contributed by atoms with E-state index in [0.717, 1.165) is 0 Å². The molecule has 0 saturated carbocycles. The summed E-state index contributed by atoms with van der Waals surface area (Å²) in [7, 11) is 2.92. The van der Waals surface area contributed by atoms with E-state index in [-0.39, 0.29) is 30.5 Å². The van der Waals surface area contributed by atoms with E-state index in [4.69, 9.17) is 19.6 Å². The summed E-state index contributed by atoms with van der Waals surface area (Å²) in [6.07, 6.45) is 0.00434. The molecule has 0 saturated heterocycles. The van der Waals surface area contributed by atoms with Gasteiger partial charge in [-0.15, -0.1) is 0 Å². The molecule has 0 bridgehead atoms. The number of methoxy groups -OCH3 is 2. The van der Waals surface area contributed by atoms with Crippen LogP contribution in [0.25, 0.3) is 11.0 Å². The lowest BCUT2D eigenvalue weighted by Gasteiger charge is -2.15. The Morgan fingerprint density at radius 1 is 1.19 bits per heavy atom. The molecule has 31 heavy (non-hydrogen) atoms. The summed E-state index contributed by atoms with van der Waals surface area (Å²) in [5.74, 6) is -1.06. The molecule has 11 nitrogen and oxygen atoms in total. The number of carbonyl (C=O) groups is 3. The Morgan fingerprint density at radius 2 is 1.84 bits per heavy atom. The molecule has 0 unspecified atom stereocenters. The first kappa shape index (κ1) is 23.5. The third-order valence-electron chi connectivity index (χ3n) is 4.73. The zero-order chi connectivity index (χ0) is 23.1. The molecule has 1 atom stereocenters. The van der Waals surface area contributed by atoms with Crippen molar-refractivity contribution in [3.8, 4) is 11.5 Å². The van der Waals surface area contributed by atoms with Gasteiger partial charge >= 0.3 is 17.6 Å². The third-order valence-corrected chi connectivity index (χ3v) is 4.73. The van der Waals surface area contributed by atoms with Crippen LogP contribution in [0.3, 0.4) is 0 Å². The van der Waals surface area contributed by atoms with Gasteiger partial charge in [-0.1, -0.05) is 0 Å². The van der Waals surface area contributed by atoms with Crippen LogP contribution in [0.4, 0.5) is 4.79 Å². The molecule has 0 aliphatic carbocycles. The van der Waals surface area contributed by atoms with Crippen LogP contribution in [-0.2, 0) is 16.0 Å². The van der Waals surface area contributed by atoms with E-state index in [2.05, 4.69) is 10.6 Å². The van der Waals surface area contributed by atoms with Gasteiger partial charge in [-0.2, -0.15) is 0 Å². The maximum atomic E-state index is 12.5. The Kier molecular flexibility index (Phi) is 7.83. The van der Waals surface area contributed by atoms with Crippen molar-refractivity contribution in [3.05, 3.63) is 33.7 Å². The van der Waals surface area contributed by atoms with Gasteiger partial charge in [-0.05, 0) is 31.4 Å². The highest BCUT2D eigenvalue weighted by molar-refractivity contribution is 5.88. The number of carbonyl (C=O) groups excluding carboxylic acids is 2. The lowest BCUT2D eigenvalue weighted by Crippen LogP contribution is -2.42. The fourth-order valence-electron chi connectivity index (χ4n) is 3.10. The molecule has 0 aliphatic heterocycles. The summed E-state index contributed by atoms with van der Waals surface area (Å²) >= 11 is 0. The normalized spacial score (nSPS) is 11.6. The zero-order valence-corrected chi connectivity index (χ0v) is 17.4. The van der Waals surface area contributed by atoms with E-state index in [1.807, 2.05) is 0 Å². The van der Waals surface area contributed by atoms with Crippen molar-refractivity contribution in [2.45, 2.75) is 32.2 Å². The van der Waals surface area contributed by atoms with Crippen LogP contribution in [0, 0.1) is 6.92 Å². The number of aryl methyl sites for hydroxylation is 1. The molecule has 0 aliphatic rings. The van der Waals surface area contributed by atoms with Gasteiger partial charge in [-0.3, -0.25) is 4.79 Å². The van der Waals surface area contributed by atoms with Gasteiger partial charge in [0.15, 0.2) is 11.5 Å². The minimum absolute atomic E-state index is 0.0731. The number of benzene rings is 1. The molecule has 168 valence electrons. The average Bonchev–Trinajstić information content (AvgIpc) is 2.72. The summed E-state index contributed by atoms with van der Waals surface area (Å²) in [5, 5.41) is 14.6. The quantitative estimate of drug-likeness (QED) is 0.312. The number of fused-ring (bicyclic) bond motifs is 1. The van der Waals surface area contributed by atoms with Gasteiger partial charge in [0, 0.05) is 18.0 Å². The zero-order valence-electron chi connectivity index (χ0n) is 17.4. The minimum atomic E-state index is -1.23. The molecule has 2 aromatic rings. The number of nitrogens with two attached hydrogens (primary N) is 1. The Bertz CT molecular complexity index is 1050. The van der Waals surface area contributed by atoms with Crippen molar-refractivity contribution >= 4 is 28.9 Å². The molecule has 0 fully saturated rings. The van der Waals surface area contributed by atoms with Crippen molar-refractivity contribution in [1.29, 1.82) is 0 Å². The number of hydrogen-bond donors (Lipinski definition) is 4. The van der Waals surface area contributed by atoms with Crippen molar-refractivity contribution in [2.75, 3.05) is 20.8 Å². The van der Waals surface area contributed by atoms with Gasteiger partial charge in [-0.25, -0.2) is 14.4 Å². The van der Waals surface area contributed by atoms with E-state index in [1.165, 1.54) is 20.3 Å². The number of ether oxygens (including phenoxy) is 2. The first-order valence-corrected chi connectivity index (χ1v) is 9.41. The Morgan fingerprint density at radius 3 is 2.42 bits per heavy atom. The Balaban J connectivity index is 2.21. The average molecular weight is 435 g/mol. The lowest BCUT2D eigenvalue weighted by molar-refractivity contribution is -0.141. The van der Waals surface area contributed by atoms with Crippen LogP contribution in [0.2, 0.25) is 0 Å². The summed E-state index contributed by atoms with van der Waals surface area (Å²) in [5.41, 5.74) is 5.14. The maximum absolute atomic E-state index is 12.5. The highest BCUT2D eigenvalue weighted by Crippen LogP contribution is 2.33. The Labute approximate surface area is 177 Å². The number of amides is 3. The van der Waals surface area contributed by atoms with E-state index in [9.17, 15) is 24.3 Å². The second-order valence-corrected chi connectivity index (χ2v) is 6.76. The summed E-state index contributed by atoms with van der Waals surface area (Å²) in [4.78, 5) is 47.0. The summed E-state index contributed by atoms with van der Waals surface area (Å²) in [6, 6.07) is 1.26. The topological polar surface area (TPSA) is 170 Å². The number of carboxylic acid groups (broad SMARTS) is 1. The molecule has 1 aromatic carbocycles. The molecule has 3 amide bonds. The van der Waals surface area contributed by atoms with Gasteiger partial charge in [0.25, 0.3) is 0 Å². The number of carboxylic acids is 1. The standard InChI is InChI=1S/C20H25N3O8/c1-10-11-7-15(29-2)16(30-3)9-14(11)31-19(27)12(10)8-17(24)23-13(18(25)26)5-4-6-22-20(21)28/h7,9,13H,4-6,8H2,1-3H3,(H,23,24)(H,25,26)(H3,21,22,28)/t13-/m1/s1. The van der Waals surface area contributed by atoms with Crippen LogP contribution in [0.15, 0.2) is 21.3 Å². The molecule has 0 spiro atoms. The predicted molar refractivity (Wildman–Crippen MR) is 110 cm³/mol. The fraction of sp³-hybridized carbons (Fsp3) is 0.400. The van der Waals surface area contributed by atoms with E-state index in [0.29, 0.717) is 28.9 Å². The van der Waals surface area contributed by atoms with Crippen molar-refractivity contribution in [3.63, 3.8) is 0 Å². The first-order valence-electron chi connectivity index (χ1n) is 9.41. The monoisotopic (exact) mass is 435 g/mol. The third kappa shape index (κ3) is 5.87. The number of urea groups is 1. The Hall–Kier alpha value is -3.76. The maximum Gasteiger partial charge on any atom is 0.340 e. The molecule has 0 radical (unpaired) electrons. The van der Waals surface area contributed by atoms with Crippen LogP contribution in [0.1, 0.15) is 24.0 Å². The summed E-state index contributed by atoms with van der Waals surface area (Å²) < 4.78 is 15.8. The number of hydrogen-bond acceptors (Lipinski definition) is 7. The van der Waals surface area contributed by atoms with Gasteiger partial charge in [0.1, 0.15) is 11.6 Å². The van der Waals surface area contributed by atoms with Gasteiger partial charge in [0.05, 0.1) is 26.2 Å². The van der Waals surface area contributed by atoms with Gasteiger partial charge in [0.2, 0.25) is 5.91 Å². The molecule has 1 heterocycles. The van der Waals surface area contributed by atoms with Crippen molar-refractivity contribution in [1.82, 2.24) is 10.6 Å². The first-order chi connectivity index (χ1) is 14.7. The molecule has 1 aromatic heterocycles. The van der Waals surface area contributed by atoms with Crippen LogP contribution in [-0.4, -0.2) is 49.8 Å². The second-order valence-electron chi connectivity index (χ2n) is 6.76. The number of primary amides is 1. The molecule has 2 rings (SSSR count). The fourth-order valence-corrected chi connectivity index (χ4v) is 3.10. The van der Waals surface area contributed by atoms with Gasteiger partial charge < -0.3 is 35.4 Å². The second kappa shape index (κ2) is 10.3. The minimum Gasteiger partial charge on any atom is -0.493 e. The highest BCUT2D eigenvalue weighted by atomic mass is 16.5. The van der Waals surface area contributed by atoms with Crippen LogP contribution >= 0.6 is 0 Å². The molecule has 11 heteroatoms. The van der Waals surface area contributed by atoms with E-state index < -0.39 is 29.6 Å². The smallest absolute Gasteiger partial charge is 0.340 e. The molecular weight excluding hydrogens is 410 g/mol. The van der Waals surface area contributed by atoms with E-state index >= 15 is 0 Å². The van der Waals surface area contributed by atoms with E-state index in [1.54, 1.807) is 13.0 Å². The number of rotatable bonds is 10. The SMILES string of the molecule is COc1cc2oc(=O)c(CC(=O)N[C@H](CCCNC(N)=O)C(=O)O)c(C)c2cc1OC. The number of nitrogens with one attached hydrogen (secondary N) is 2. The van der Waals surface area contributed by atoms with Crippen LogP contribution in [0.5, 0.6) is 11.5 Å². The number of aliphatic carboxylic acids is 1. The van der Waals surface area contributed by atoms with Crippen molar-refractivity contribution < 1.29 is 33.4 Å². The largest absolute Gasteiger partial charge is 0.493 e. The molecular formula is C20H25N3O8. The van der Waals surface area contributed by atoms with Crippen LogP contribution < -0.4 is 31.5 Å².